The fraction of sp³-hybridized carbons (Fsp3) is 0.312. The third kappa shape index (κ3) is 8.15. The number of benzene rings is 2. The first-order chi connectivity index (χ1) is 17.6. The molecule has 1 saturated heterocycles. The van der Waals surface area contributed by atoms with Gasteiger partial charge in [-0.2, -0.15) is 0 Å². The molecule has 0 unspecified atom stereocenters. The minimum Gasteiger partial charge on any atom is -1.00 e. The van der Waals surface area contributed by atoms with E-state index < -0.39 is 0 Å². The maximum Gasteiger partial charge on any atom is 0.173 e. The number of anilines is 2. The van der Waals surface area contributed by atoms with Crippen molar-refractivity contribution in [2.24, 2.45) is 0 Å². The molecule has 6 heteroatoms. The number of halogens is 2. The Kier molecular flexibility index (Phi) is 11.4. The largest absolute Gasteiger partial charge is 1.00 e. The third-order valence-electron chi connectivity index (χ3n) is 7.21. The van der Waals surface area contributed by atoms with Crippen molar-refractivity contribution in [1.29, 1.82) is 0 Å². The molecule has 4 nitrogen and oxygen atoms in total. The smallest absolute Gasteiger partial charge is 0.173 e. The highest BCUT2D eigenvalue weighted by molar-refractivity contribution is 5.44. The molecule has 2 aromatic carbocycles. The van der Waals surface area contributed by atoms with Gasteiger partial charge in [-0.1, -0.05) is 48.5 Å². The number of hydrogen-bond donors (Lipinski definition) is 0. The molecule has 0 N–H and O–H groups in total. The van der Waals surface area contributed by atoms with Crippen molar-refractivity contribution in [3.05, 3.63) is 120 Å². The highest BCUT2D eigenvalue weighted by Crippen LogP contribution is 2.18. The van der Waals surface area contributed by atoms with E-state index in [4.69, 9.17) is 0 Å². The number of nitrogens with zero attached hydrogens (tertiary/aromatic N) is 4. The van der Waals surface area contributed by atoms with Crippen LogP contribution in [0, 0.1) is 0 Å². The Balaban J connectivity index is 0.00000200. The van der Waals surface area contributed by atoms with E-state index in [2.05, 4.69) is 131 Å². The van der Waals surface area contributed by atoms with E-state index in [9.17, 15) is 0 Å². The average Bonchev–Trinajstić information content (AvgIpc) is 3.45. The number of aryl methyl sites for hydroxylation is 2. The normalized spacial score (nSPS) is 12.5. The molecule has 0 atom stereocenters. The summed E-state index contributed by atoms with van der Waals surface area (Å²) in [7, 11) is 4.14. The Bertz CT molecular complexity index is 1230. The van der Waals surface area contributed by atoms with Crippen LogP contribution < -0.4 is 52.9 Å². The van der Waals surface area contributed by atoms with Crippen LogP contribution in [0.25, 0.3) is 0 Å². The van der Waals surface area contributed by atoms with Crippen molar-refractivity contribution in [3.8, 4) is 0 Å². The maximum atomic E-state index is 2.48. The second-order valence-electron chi connectivity index (χ2n) is 10.2. The van der Waals surface area contributed by atoms with E-state index in [1.165, 1.54) is 59.6 Å². The first-order valence-corrected chi connectivity index (χ1v) is 13.2. The molecule has 0 radical (unpaired) electrons. The zero-order chi connectivity index (χ0) is 24.7. The van der Waals surface area contributed by atoms with Crippen LogP contribution in [0.1, 0.15) is 35.1 Å². The number of aromatic nitrogens is 2. The quantitative estimate of drug-likeness (QED) is 0.215. The monoisotopic (exact) mass is 636 g/mol. The molecule has 0 saturated carbocycles. The van der Waals surface area contributed by atoms with Gasteiger partial charge in [-0.25, -0.2) is 9.13 Å². The number of rotatable bonds is 9. The van der Waals surface area contributed by atoms with Crippen molar-refractivity contribution in [2.75, 3.05) is 37.0 Å². The number of pyridine rings is 2. The van der Waals surface area contributed by atoms with E-state index in [-0.39, 0.29) is 34.0 Å². The predicted molar refractivity (Wildman–Crippen MR) is 148 cm³/mol. The molecule has 0 bridgehead atoms. The Morgan fingerprint density at radius 2 is 0.974 bits per heavy atom. The van der Waals surface area contributed by atoms with Gasteiger partial charge in [0.05, 0.1) is 0 Å². The van der Waals surface area contributed by atoms with Gasteiger partial charge in [-0.15, -0.1) is 0 Å². The number of hydrogen-bond acceptors (Lipinski definition) is 2. The molecule has 4 aromatic rings. The second kappa shape index (κ2) is 14.5. The molecule has 0 aliphatic carbocycles. The fourth-order valence-electron chi connectivity index (χ4n) is 4.93. The molecule has 38 heavy (non-hydrogen) atoms. The summed E-state index contributed by atoms with van der Waals surface area (Å²) >= 11 is 0. The lowest BCUT2D eigenvalue weighted by Crippen LogP contribution is -3.00. The lowest BCUT2D eigenvalue weighted by atomic mass is 10.0. The van der Waals surface area contributed by atoms with Gasteiger partial charge in [0.25, 0.3) is 0 Å². The Hall–Kier alpha value is -2.70. The molecule has 1 aliphatic heterocycles. The Morgan fingerprint density at radius 1 is 0.579 bits per heavy atom. The van der Waals surface area contributed by atoms with Gasteiger partial charge in [0, 0.05) is 74.0 Å². The van der Waals surface area contributed by atoms with Crippen molar-refractivity contribution < 1.29 is 43.1 Å². The Morgan fingerprint density at radius 3 is 1.39 bits per heavy atom. The molecule has 0 spiro atoms. The molecule has 5 rings (SSSR count). The highest BCUT2D eigenvalue weighted by Gasteiger charge is 2.13. The molecule has 1 aliphatic rings. The molecular formula is C32H38Br2N4. The maximum absolute atomic E-state index is 2.48. The van der Waals surface area contributed by atoms with Crippen molar-refractivity contribution in [3.63, 3.8) is 0 Å². The topological polar surface area (TPSA) is 14.2 Å². The molecule has 200 valence electrons. The van der Waals surface area contributed by atoms with Crippen LogP contribution in [0.4, 0.5) is 11.4 Å². The van der Waals surface area contributed by atoms with E-state index in [0.717, 1.165) is 25.9 Å². The fourth-order valence-corrected chi connectivity index (χ4v) is 4.93. The lowest BCUT2D eigenvalue weighted by Gasteiger charge is -2.16. The SMILES string of the molecule is CN(C)c1cc[n+](Cc2ccc(CCc3ccc(C[n+]4ccc(N5CCCC5)cc4)cc3)cc2)cc1.[Br-].[Br-]. The average molecular weight is 638 g/mol. The first kappa shape index (κ1) is 29.9. The van der Waals surface area contributed by atoms with Gasteiger partial charge in [0.1, 0.15) is 0 Å². The minimum absolute atomic E-state index is 0. The summed E-state index contributed by atoms with van der Waals surface area (Å²) < 4.78 is 4.49. The van der Waals surface area contributed by atoms with Crippen molar-refractivity contribution >= 4 is 11.4 Å². The minimum atomic E-state index is 0. The van der Waals surface area contributed by atoms with E-state index in [0.29, 0.717) is 0 Å². The standard InChI is InChI=1S/C32H38N4.2BrH/c1-33(2)31-15-21-34(22-16-31)25-29-11-7-27(8-12-29)5-6-28-9-13-30(14-10-28)26-35-23-17-32(18-24-35)36-19-3-4-20-36;;/h7-18,21-24H,3-6,19-20,25-26H2,1-2H3;2*1H/q+2;;/p-2. The van der Waals surface area contributed by atoms with Gasteiger partial charge in [-0.3, -0.25) is 0 Å². The summed E-state index contributed by atoms with van der Waals surface area (Å²) in [4.78, 5) is 4.61. The van der Waals surface area contributed by atoms with E-state index >= 15 is 0 Å². The van der Waals surface area contributed by atoms with Crippen LogP contribution >= 0.6 is 0 Å². The van der Waals surface area contributed by atoms with Crippen LogP contribution in [0.2, 0.25) is 0 Å². The molecule has 0 amide bonds. The van der Waals surface area contributed by atoms with Gasteiger partial charge in [0.15, 0.2) is 37.9 Å². The van der Waals surface area contributed by atoms with Gasteiger partial charge in [0.2, 0.25) is 0 Å². The molecule has 3 heterocycles. The summed E-state index contributed by atoms with van der Waals surface area (Å²) in [5.41, 5.74) is 8.04. The van der Waals surface area contributed by atoms with Crippen LogP contribution in [0.3, 0.4) is 0 Å². The first-order valence-electron chi connectivity index (χ1n) is 13.2. The van der Waals surface area contributed by atoms with Gasteiger partial charge < -0.3 is 43.8 Å². The van der Waals surface area contributed by atoms with Gasteiger partial charge in [-0.05, 0) is 36.8 Å². The second-order valence-corrected chi connectivity index (χ2v) is 10.2. The third-order valence-corrected chi connectivity index (χ3v) is 7.21. The predicted octanol–water partition coefficient (Wildman–Crippen LogP) is -1.18. The summed E-state index contributed by atoms with van der Waals surface area (Å²) in [5, 5.41) is 0. The van der Waals surface area contributed by atoms with Gasteiger partial charge >= 0.3 is 0 Å². The molecule has 2 aromatic heterocycles. The summed E-state index contributed by atoms with van der Waals surface area (Å²) in [6.07, 6.45) is 13.5. The van der Waals surface area contributed by atoms with Crippen molar-refractivity contribution in [1.82, 2.24) is 0 Å². The summed E-state index contributed by atoms with van der Waals surface area (Å²) in [6, 6.07) is 27.0. The van der Waals surface area contributed by atoms with Crippen molar-refractivity contribution in [2.45, 2.75) is 38.8 Å². The lowest BCUT2D eigenvalue weighted by molar-refractivity contribution is -0.688. The van der Waals surface area contributed by atoms with Crippen LogP contribution in [-0.2, 0) is 25.9 Å². The van der Waals surface area contributed by atoms with Crippen LogP contribution in [0.15, 0.2) is 97.6 Å². The van der Waals surface area contributed by atoms with E-state index in [1.807, 2.05) is 0 Å². The summed E-state index contributed by atoms with van der Waals surface area (Å²) in [5.74, 6) is 0. The Labute approximate surface area is 249 Å². The molecule has 1 fully saturated rings. The van der Waals surface area contributed by atoms with Crippen LogP contribution in [-0.4, -0.2) is 27.2 Å². The zero-order valence-electron chi connectivity index (χ0n) is 22.4. The highest BCUT2D eigenvalue weighted by atomic mass is 79.9. The van der Waals surface area contributed by atoms with Crippen LogP contribution in [0.5, 0.6) is 0 Å². The van der Waals surface area contributed by atoms with E-state index in [1.54, 1.807) is 0 Å². The zero-order valence-corrected chi connectivity index (χ0v) is 25.6. The summed E-state index contributed by atoms with van der Waals surface area (Å²) in [6.45, 7) is 4.20. The molecular weight excluding hydrogens is 600 g/mol.